The van der Waals surface area contributed by atoms with Gasteiger partial charge in [0, 0.05) is 18.7 Å². The maximum atomic E-state index is 13.9. The average Bonchev–Trinajstić information content (AvgIpc) is 3.66. The van der Waals surface area contributed by atoms with E-state index in [2.05, 4.69) is 5.32 Å². The van der Waals surface area contributed by atoms with Crippen LogP contribution in [0.4, 0.5) is 19.3 Å². The highest BCUT2D eigenvalue weighted by atomic mass is 32.1. The van der Waals surface area contributed by atoms with Gasteiger partial charge in [-0.1, -0.05) is 12.1 Å². The van der Waals surface area contributed by atoms with Crippen LogP contribution in [0.5, 0.6) is 0 Å². The molecule has 0 radical (unpaired) electrons. The van der Waals surface area contributed by atoms with Crippen molar-refractivity contribution >= 4 is 46.7 Å². The van der Waals surface area contributed by atoms with E-state index in [1.807, 2.05) is 11.9 Å². The molecule has 1 aliphatic carbocycles. The van der Waals surface area contributed by atoms with Crippen molar-refractivity contribution in [3.05, 3.63) is 74.1 Å². The summed E-state index contributed by atoms with van der Waals surface area (Å²) in [6.45, 7) is 0.419. The monoisotopic (exact) mass is 578 g/mol. The molecule has 0 aliphatic heterocycles. The van der Waals surface area contributed by atoms with Crippen molar-refractivity contribution in [3.63, 3.8) is 0 Å². The Balaban J connectivity index is 1.22. The molecule has 1 aromatic carbocycles. The van der Waals surface area contributed by atoms with E-state index in [4.69, 9.17) is 9.47 Å². The Labute approximate surface area is 232 Å². The van der Waals surface area contributed by atoms with Crippen LogP contribution in [0, 0.1) is 11.6 Å². The molecular weight excluding hydrogens is 550 g/mol. The van der Waals surface area contributed by atoms with E-state index < -0.39 is 40.5 Å². The number of nitrogens with one attached hydrogen (secondary N) is 1. The van der Waals surface area contributed by atoms with Gasteiger partial charge in [-0.25, -0.2) is 18.4 Å². The van der Waals surface area contributed by atoms with Crippen LogP contribution in [0.25, 0.3) is 0 Å². The van der Waals surface area contributed by atoms with Gasteiger partial charge < -0.3 is 19.5 Å². The van der Waals surface area contributed by atoms with Crippen LogP contribution in [0.3, 0.4) is 0 Å². The minimum absolute atomic E-state index is 0.0163. The quantitative estimate of drug-likeness (QED) is 0.253. The molecule has 2 heterocycles. The second kappa shape index (κ2) is 12.8. The Hall–Kier alpha value is -3.19. The molecule has 4 rings (SSSR count). The highest BCUT2D eigenvalue weighted by Crippen LogP contribution is 2.38. The summed E-state index contributed by atoms with van der Waals surface area (Å²) in [7, 11) is 1.89. The van der Waals surface area contributed by atoms with Gasteiger partial charge in [-0.3, -0.25) is 10.1 Å². The number of benzene rings is 1. The summed E-state index contributed by atoms with van der Waals surface area (Å²) in [4.78, 5) is 38.9. The Bertz CT molecular complexity index is 1240. The molecule has 0 bridgehead atoms. The predicted octanol–water partition coefficient (Wildman–Crippen LogP) is 5.17. The lowest BCUT2D eigenvalue weighted by atomic mass is 9.91. The highest BCUT2D eigenvalue weighted by Gasteiger charge is 2.45. The molecule has 0 saturated heterocycles. The van der Waals surface area contributed by atoms with Crippen molar-refractivity contribution in [1.82, 2.24) is 4.90 Å². The fourth-order valence-corrected chi connectivity index (χ4v) is 6.21. The van der Waals surface area contributed by atoms with Crippen LogP contribution in [-0.2, 0) is 19.9 Å². The first-order chi connectivity index (χ1) is 18.7. The van der Waals surface area contributed by atoms with Gasteiger partial charge in [-0.15, -0.1) is 22.7 Å². The number of rotatable bonds is 10. The molecule has 0 unspecified atom stereocenters. The van der Waals surface area contributed by atoms with Gasteiger partial charge in [0.25, 0.3) is 0 Å². The zero-order valence-electron chi connectivity index (χ0n) is 21.1. The molecule has 2 aromatic heterocycles. The molecule has 1 aliphatic rings. The molecule has 0 spiro atoms. The molecule has 3 aromatic rings. The third-order valence-corrected chi connectivity index (χ3v) is 8.68. The van der Waals surface area contributed by atoms with E-state index in [1.54, 1.807) is 35.0 Å². The Kier molecular flexibility index (Phi) is 9.44. The maximum Gasteiger partial charge on any atom is 0.411 e. The molecular formula is C27H28F2N2O6S2. The number of carbonyl (C=O) groups is 3. The SMILES string of the molecule is CN(CCOC(=O)Nc1cc(F)c(C=O)cc1F)[C@H]1CC[C@H](OC(=O)C(O)(c2cccs2)c2cccs2)CC1. The van der Waals surface area contributed by atoms with E-state index in [9.17, 15) is 28.3 Å². The zero-order chi connectivity index (χ0) is 28.0. The summed E-state index contributed by atoms with van der Waals surface area (Å²) >= 11 is 2.59. The molecule has 39 heavy (non-hydrogen) atoms. The van der Waals surface area contributed by atoms with Gasteiger partial charge in [0.15, 0.2) is 6.29 Å². The first kappa shape index (κ1) is 28.8. The molecule has 1 fully saturated rings. The lowest BCUT2D eigenvalue weighted by molar-refractivity contribution is -0.169. The van der Waals surface area contributed by atoms with E-state index in [0.717, 1.165) is 18.9 Å². The number of anilines is 1. The van der Waals surface area contributed by atoms with Crippen LogP contribution >= 0.6 is 22.7 Å². The summed E-state index contributed by atoms with van der Waals surface area (Å²) in [5.41, 5.74) is -2.70. The van der Waals surface area contributed by atoms with E-state index >= 15 is 0 Å². The smallest absolute Gasteiger partial charge is 0.411 e. The Morgan fingerprint density at radius 1 is 1.10 bits per heavy atom. The first-order valence-corrected chi connectivity index (χ1v) is 14.1. The zero-order valence-corrected chi connectivity index (χ0v) is 22.7. The lowest BCUT2D eigenvalue weighted by Crippen LogP contribution is -2.42. The largest absolute Gasteiger partial charge is 0.460 e. The van der Waals surface area contributed by atoms with Gasteiger partial charge in [0.1, 0.15) is 24.3 Å². The van der Waals surface area contributed by atoms with Crippen molar-refractivity contribution in [1.29, 1.82) is 0 Å². The van der Waals surface area contributed by atoms with Gasteiger partial charge in [-0.2, -0.15) is 0 Å². The number of hydrogen-bond acceptors (Lipinski definition) is 9. The fraction of sp³-hybridized carbons (Fsp3) is 0.370. The molecule has 1 saturated carbocycles. The topological polar surface area (TPSA) is 105 Å². The van der Waals surface area contributed by atoms with E-state index in [-0.39, 0.29) is 25.0 Å². The summed E-state index contributed by atoms with van der Waals surface area (Å²) in [6, 6.07) is 8.59. The Morgan fingerprint density at radius 2 is 1.74 bits per heavy atom. The Morgan fingerprint density at radius 3 is 2.31 bits per heavy atom. The normalized spacial score (nSPS) is 17.6. The van der Waals surface area contributed by atoms with Crippen molar-refractivity contribution in [3.8, 4) is 0 Å². The second-order valence-corrected chi connectivity index (χ2v) is 11.1. The van der Waals surface area contributed by atoms with Crippen LogP contribution < -0.4 is 5.32 Å². The number of ether oxygens (including phenoxy) is 2. The average molecular weight is 579 g/mol. The number of hydrogen-bond donors (Lipinski definition) is 2. The standard InChI is InChI=1S/C27H28F2N2O6S2/c1-31(10-11-36-26(34)30-22-15-20(28)17(16-32)14-21(22)29)18-6-8-19(9-7-18)37-25(33)27(35,23-4-2-12-38-23)24-5-3-13-39-24/h2-5,12-16,18-19,35H,6-11H2,1H3,(H,30,34)/t18-,19-. The highest BCUT2D eigenvalue weighted by molar-refractivity contribution is 7.12. The number of aliphatic hydroxyl groups is 1. The fourth-order valence-electron chi connectivity index (χ4n) is 4.49. The number of likely N-dealkylation sites (N-methyl/N-ethyl adjacent to an activating group) is 1. The summed E-state index contributed by atoms with van der Waals surface area (Å²) in [6.07, 6.45) is 1.64. The molecule has 1 amide bonds. The van der Waals surface area contributed by atoms with Crippen LogP contribution in [0.2, 0.25) is 0 Å². The third kappa shape index (κ3) is 6.70. The number of carbonyl (C=O) groups excluding carboxylic acids is 3. The molecule has 2 N–H and O–H groups in total. The summed E-state index contributed by atoms with van der Waals surface area (Å²) in [5, 5.41) is 17.1. The van der Waals surface area contributed by atoms with Crippen molar-refractivity contribution < 1.29 is 37.7 Å². The molecule has 12 heteroatoms. The number of esters is 1. The van der Waals surface area contributed by atoms with Crippen LogP contribution in [0.15, 0.2) is 47.2 Å². The van der Waals surface area contributed by atoms with E-state index in [1.165, 1.54) is 22.7 Å². The van der Waals surface area contributed by atoms with Gasteiger partial charge in [-0.05, 0) is 61.7 Å². The number of thiophene rings is 2. The molecule has 0 atom stereocenters. The summed E-state index contributed by atoms with van der Waals surface area (Å²) in [5.74, 6) is -2.58. The van der Waals surface area contributed by atoms with Crippen LogP contribution in [0.1, 0.15) is 45.8 Å². The first-order valence-electron chi connectivity index (χ1n) is 12.3. The lowest BCUT2D eigenvalue weighted by Gasteiger charge is -2.35. The summed E-state index contributed by atoms with van der Waals surface area (Å²) < 4.78 is 38.5. The van der Waals surface area contributed by atoms with Crippen molar-refractivity contribution in [2.75, 3.05) is 25.5 Å². The van der Waals surface area contributed by atoms with Gasteiger partial charge in [0.2, 0.25) is 5.60 Å². The maximum absolute atomic E-state index is 13.9. The van der Waals surface area contributed by atoms with Gasteiger partial charge >= 0.3 is 12.1 Å². The van der Waals surface area contributed by atoms with Crippen molar-refractivity contribution in [2.45, 2.75) is 43.4 Å². The minimum atomic E-state index is -1.83. The number of nitrogens with zero attached hydrogens (tertiary/aromatic N) is 1. The second-order valence-electron chi connectivity index (χ2n) is 9.21. The third-order valence-electron chi connectivity index (χ3n) is 6.72. The predicted molar refractivity (Wildman–Crippen MR) is 143 cm³/mol. The van der Waals surface area contributed by atoms with E-state index in [0.29, 0.717) is 35.2 Å². The van der Waals surface area contributed by atoms with Crippen molar-refractivity contribution in [2.24, 2.45) is 0 Å². The number of aldehydes is 1. The van der Waals surface area contributed by atoms with Gasteiger partial charge in [0.05, 0.1) is 21.0 Å². The minimum Gasteiger partial charge on any atom is -0.460 e. The molecule has 8 nitrogen and oxygen atoms in total. The number of amides is 1. The molecule has 208 valence electrons. The number of halogens is 2. The van der Waals surface area contributed by atoms with Crippen LogP contribution in [-0.4, -0.2) is 60.7 Å².